The van der Waals surface area contributed by atoms with Crippen molar-refractivity contribution in [1.29, 1.82) is 0 Å². The van der Waals surface area contributed by atoms with E-state index in [0.717, 1.165) is 12.8 Å². The molecule has 0 aromatic carbocycles. The van der Waals surface area contributed by atoms with Gasteiger partial charge in [0.15, 0.2) is 0 Å². The quantitative estimate of drug-likeness (QED) is 0.716. The van der Waals surface area contributed by atoms with Gasteiger partial charge in [-0.2, -0.15) is 4.31 Å². The molecule has 15 heavy (non-hydrogen) atoms. The van der Waals surface area contributed by atoms with Gasteiger partial charge in [-0.15, -0.1) is 0 Å². The second-order valence-electron chi connectivity index (χ2n) is 4.36. The van der Waals surface area contributed by atoms with E-state index < -0.39 is 10.0 Å². The predicted octanol–water partition coefficient (Wildman–Crippen LogP) is 1.08. The average molecular weight is 235 g/mol. The first-order chi connectivity index (χ1) is 7.02. The van der Waals surface area contributed by atoms with E-state index in [1.807, 2.05) is 0 Å². The van der Waals surface area contributed by atoms with E-state index in [-0.39, 0.29) is 5.75 Å². The van der Waals surface area contributed by atoms with Gasteiger partial charge in [0.25, 0.3) is 0 Å². The molecule has 0 N–H and O–H groups in total. The van der Waals surface area contributed by atoms with Crippen molar-refractivity contribution in [3.63, 3.8) is 0 Å². The normalized spacial score (nSPS) is 19.7. The third-order valence-electron chi connectivity index (χ3n) is 2.55. The van der Waals surface area contributed by atoms with Gasteiger partial charge in [-0.3, -0.25) is 0 Å². The fourth-order valence-corrected chi connectivity index (χ4v) is 3.12. The first kappa shape index (κ1) is 12.9. The zero-order valence-corrected chi connectivity index (χ0v) is 10.4. The number of hydrogen-bond donors (Lipinski definition) is 0. The first-order valence-electron chi connectivity index (χ1n) is 5.58. The van der Waals surface area contributed by atoms with Crippen molar-refractivity contribution in [3.8, 4) is 0 Å². The van der Waals surface area contributed by atoms with Crippen LogP contribution in [0, 0.1) is 5.92 Å². The summed E-state index contributed by atoms with van der Waals surface area (Å²) in [4.78, 5) is 0. The Balaban J connectivity index is 2.36. The Labute approximate surface area is 92.7 Å². The van der Waals surface area contributed by atoms with Crippen LogP contribution in [0.15, 0.2) is 0 Å². The molecule has 0 radical (unpaired) electrons. The summed E-state index contributed by atoms with van der Waals surface area (Å²) in [7, 11) is -3.03. The molecule has 4 nitrogen and oxygen atoms in total. The molecule has 0 bridgehead atoms. The lowest BCUT2D eigenvalue weighted by Gasteiger charge is -2.26. The summed E-state index contributed by atoms with van der Waals surface area (Å²) in [6, 6.07) is 0. The van der Waals surface area contributed by atoms with Crippen molar-refractivity contribution in [2.75, 3.05) is 32.1 Å². The zero-order chi connectivity index (χ0) is 11.3. The van der Waals surface area contributed by atoms with Gasteiger partial charge >= 0.3 is 0 Å². The molecule has 0 unspecified atom stereocenters. The zero-order valence-electron chi connectivity index (χ0n) is 9.61. The Kier molecular flexibility index (Phi) is 5.02. The van der Waals surface area contributed by atoms with E-state index >= 15 is 0 Å². The number of morpholine rings is 1. The van der Waals surface area contributed by atoms with E-state index in [2.05, 4.69) is 13.8 Å². The fraction of sp³-hybridized carbons (Fsp3) is 1.00. The molecule has 0 aromatic rings. The fourth-order valence-electron chi connectivity index (χ4n) is 1.63. The van der Waals surface area contributed by atoms with Crippen LogP contribution in [0.5, 0.6) is 0 Å². The molecule has 5 heteroatoms. The minimum absolute atomic E-state index is 0.283. The molecule has 0 spiro atoms. The van der Waals surface area contributed by atoms with Crippen molar-refractivity contribution < 1.29 is 13.2 Å². The lowest BCUT2D eigenvalue weighted by atomic mass is 10.1. The van der Waals surface area contributed by atoms with Crippen molar-refractivity contribution in [2.24, 2.45) is 5.92 Å². The van der Waals surface area contributed by atoms with Crippen LogP contribution >= 0.6 is 0 Å². The van der Waals surface area contributed by atoms with Crippen LogP contribution in [0.1, 0.15) is 26.7 Å². The largest absolute Gasteiger partial charge is 0.379 e. The van der Waals surface area contributed by atoms with Gasteiger partial charge in [-0.1, -0.05) is 13.8 Å². The third-order valence-corrected chi connectivity index (χ3v) is 4.50. The van der Waals surface area contributed by atoms with E-state index in [1.54, 1.807) is 4.31 Å². The van der Waals surface area contributed by atoms with E-state index in [0.29, 0.717) is 32.2 Å². The maximum atomic E-state index is 11.8. The van der Waals surface area contributed by atoms with Gasteiger partial charge in [0.05, 0.1) is 19.0 Å². The van der Waals surface area contributed by atoms with E-state index in [4.69, 9.17) is 4.74 Å². The molecule has 1 aliphatic heterocycles. The highest BCUT2D eigenvalue weighted by Crippen LogP contribution is 2.10. The lowest BCUT2D eigenvalue weighted by molar-refractivity contribution is 0.0730. The second-order valence-corrected chi connectivity index (χ2v) is 6.45. The van der Waals surface area contributed by atoms with Crippen LogP contribution < -0.4 is 0 Å². The number of sulfonamides is 1. The smallest absolute Gasteiger partial charge is 0.214 e. The van der Waals surface area contributed by atoms with Gasteiger partial charge in [-0.05, 0) is 18.8 Å². The summed E-state index contributed by atoms with van der Waals surface area (Å²) in [5, 5.41) is 0. The van der Waals surface area contributed by atoms with Crippen molar-refractivity contribution in [1.82, 2.24) is 4.31 Å². The summed E-state index contributed by atoms with van der Waals surface area (Å²) in [6.07, 6.45) is 1.74. The molecule has 1 saturated heterocycles. The van der Waals surface area contributed by atoms with Gasteiger partial charge in [0.2, 0.25) is 10.0 Å². The van der Waals surface area contributed by atoms with Gasteiger partial charge in [-0.25, -0.2) is 8.42 Å². The van der Waals surface area contributed by atoms with Gasteiger partial charge in [0, 0.05) is 13.1 Å². The highest BCUT2D eigenvalue weighted by atomic mass is 32.2. The average Bonchev–Trinajstić information content (AvgIpc) is 2.18. The standard InChI is InChI=1S/C10H21NO3S/c1-10(2)4-3-9-15(12,13)11-5-7-14-8-6-11/h10H,3-9H2,1-2H3. The Morgan fingerprint density at radius 1 is 1.27 bits per heavy atom. The Bertz CT molecular complexity index is 268. The van der Waals surface area contributed by atoms with Crippen LogP contribution in [0.25, 0.3) is 0 Å². The molecular weight excluding hydrogens is 214 g/mol. The van der Waals surface area contributed by atoms with Crippen LogP contribution in [-0.2, 0) is 14.8 Å². The summed E-state index contributed by atoms with van der Waals surface area (Å²) in [6.45, 7) is 6.32. The molecular formula is C10H21NO3S. The highest BCUT2D eigenvalue weighted by molar-refractivity contribution is 7.89. The molecule has 1 rings (SSSR count). The first-order valence-corrected chi connectivity index (χ1v) is 7.19. The van der Waals surface area contributed by atoms with Gasteiger partial charge < -0.3 is 4.74 Å². The summed E-state index contributed by atoms with van der Waals surface area (Å²) in [5.74, 6) is 0.857. The predicted molar refractivity (Wildman–Crippen MR) is 60.3 cm³/mol. The Morgan fingerprint density at radius 3 is 2.40 bits per heavy atom. The van der Waals surface area contributed by atoms with Crippen LogP contribution in [0.3, 0.4) is 0 Å². The van der Waals surface area contributed by atoms with Crippen molar-refractivity contribution in [2.45, 2.75) is 26.7 Å². The van der Waals surface area contributed by atoms with Crippen molar-refractivity contribution in [3.05, 3.63) is 0 Å². The van der Waals surface area contributed by atoms with Crippen LogP contribution in [0.2, 0.25) is 0 Å². The SMILES string of the molecule is CC(C)CCCS(=O)(=O)N1CCOCC1. The summed E-state index contributed by atoms with van der Waals surface area (Å²) >= 11 is 0. The number of rotatable bonds is 5. The van der Waals surface area contributed by atoms with E-state index in [9.17, 15) is 8.42 Å². The minimum Gasteiger partial charge on any atom is -0.379 e. The van der Waals surface area contributed by atoms with Crippen molar-refractivity contribution >= 4 is 10.0 Å². The molecule has 0 aliphatic carbocycles. The Hall–Kier alpha value is -0.130. The third kappa shape index (κ3) is 4.49. The molecule has 90 valence electrons. The molecule has 1 aliphatic rings. The number of ether oxygens (including phenoxy) is 1. The Morgan fingerprint density at radius 2 is 1.87 bits per heavy atom. The number of hydrogen-bond acceptors (Lipinski definition) is 3. The molecule has 0 amide bonds. The summed E-state index contributed by atoms with van der Waals surface area (Å²) < 4.78 is 30.4. The van der Waals surface area contributed by atoms with E-state index in [1.165, 1.54) is 0 Å². The lowest BCUT2D eigenvalue weighted by Crippen LogP contribution is -2.41. The molecule has 1 fully saturated rings. The number of nitrogens with zero attached hydrogens (tertiary/aromatic N) is 1. The van der Waals surface area contributed by atoms with Gasteiger partial charge in [0.1, 0.15) is 0 Å². The maximum absolute atomic E-state index is 11.8. The van der Waals surface area contributed by atoms with Crippen LogP contribution in [-0.4, -0.2) is 44.8 Å². The molecule has 0 saturated carbocycles. The second kappa shape index (κ2) is 5.82. The minimum atomic E-state index is -3.03. The molecule has 1 heterocycles. The monoisotopic (exact) mass is 235 g/mol. The molecule has 0 atom stereocenters. The topological polar surface area (TPSA) is 46.6 Å². The highest BCUT2D eigenvalue weighted by Gasteiger charge is 2.23. The molecule has 0 aromatic heterocycles. The maximum Gasteiger partial charge on any atom is 0.214 e. The summed E-state index contributed by atoms with van der Waals surface area (Å²) in [5.41, 5.74) is 0. The van der Waals surface area contributed by atoms with Crippen LogP contribution in [0.4, 0.5) is 0 Å².